The van der Waals surface area contributed by atoms with Gasteiger partial charge in [-0.25, -0.2) is 0 Å². The van der Waals surface area contributed by atoms with Crippen molar-refractivity contribution in [2.45, 2.75) is 6.92 Å². The minimum atomic E-state index is -0.467. The minimum Gasteiger partial charge on any atom is -0.456 e. The van der Waals surface area contributed by atoms with Crippen molar-refractivity contribution in [1.82, 2.24) is 0 Å². The lowest BCUT2D eigenvalue weighted by molar-refractivity contribution is -0.384. The van der Waals surface area contributed by atoms with Gasteiger partial charge >= 0.3 is 0 Å². The Morgan fingerprint density at radius 3 is 2.50 bits per heavy atom. The third kappa shape index (κ3) is 2.87. The Kier molecular flexibility index (Phi) is 3.87. The highest BCUT2D eigenvalue weighted by atomic mass is 35.5. The van der Waals surface area contributed by atoms with Gasteiger partial charge in [0, 0.05) is 12.1 Å². The molecule has 0 aliphatic rings. The Hall–Kier alpha value is -2.58. The van der Waals surface area contributed by atoms with Crippen molar-refractivity contribution >= 4 is 17.3 Å². The molecule has 2 aromatic carbocycles. The number of ether oxygens (including phenoxy) is 1. The molecule has 2 rings (SSSR count). The molecule has 0 fully saturated rings. The maximum Gasteiger partial charge on any atom is 0.269 e. The summed E-state index contributed by atoms with van der Waals surface area (Å²) in [5.74, 6) is 0.866. The third-order valence-corrected chi connectivity index (χ3v) is 2.95. The first-order valence-corrected chi connectivity index (χ1v) is 6.01. The highest BCUT2D eigenvalue weighted by molar-refractivity contribution is 6.32. The molecule has 6 heteroatoms. The van der Waals surface area contributed by atoms with Crippen molar-refractivity contribution in [3.8, 4) is 17.6 Å². The number of nitro groups is 1. The van der Waals surface area contributed by atoms with Gasteiger partial charge in [0.2, 0.25) is 0 Å². The molecule has 2 aromatic rings. The minimum absolute atomic E-state index is 0.000718. The van der Waals surface area contributed by atoms with E-state index in [0.717, 1.165) is 0 Å². The predicted molar refractivity (Wildman–Crippen MR) is 74.1 cm³/mol. The molecule has 0 radical (unpaired) electrons. The molecule has 20 heavy (non-hydrogen) atoms. The fraction of sp³-hybridized carbons (Fsp3) is 0.0714. The molecule has 0 bridgehead atoms. The average molecular weight is 289 g/mol. The number of nitriles is 1. The highest BCUT2D eigenvalue weighted by Crippen LogP contribution is 2.32. The van der Waals surface area contributed by atoms with Crippen LogP contribution in [0.15, 0.2) is 36.4 Å². The average Bonchev–Trinajstić information content (AvgIpc) is 2.42. The van der Waals surface area contributed by atoms with Crippen molar-refractivity contribution in [2.24, 2.45) is 0 Å². The van der Waals surface area contributed by atoms with Gasteiger partial charge in [0.15, 0.2) is 0 Å². The smallest absolute Gasteiger partial charge is 0.269 e. The lowest BCUT2D eigenvalue weighted by Crippen LogP contribution is -1.92. The van der Waals surface area contributed by atoms with E-state index >= 15 is 0 Å². The van der Waals surface area contributed by atoms with E-state index in [2.05, 4.69) is 0 Å². The molecule has 5 nitrogen and oxygen atoms in total. The fourth-order valence-corrected chi connectivity index (χ4v) is 1.85. The van der Waals surface area contributed by atoms with Gasteiger partial charge in [0.05, 0.1) is 21.6 Å². The Morgan fingerprint density at radius 2 is 1.95 bits per heavy atom. The van der Waals surface area contributed by atoms with E-state index in [1.54, 1.807) is 19.1 Å². The Bertz CT molecular complexity index is 723. The number of rotatable bonds is 3. The van der Waals surface area contributed by atoms with Crippen molar-refractivity contribution in [1.29, 1.82) is 5.26 Å². The monoisotopic (exact) mass is 288 g/mol. The zero-order valence-corrected chi connectivity index (χ0v) is 11.2. The van der Waals surface area contributed by atoms with Crippen molar-refractivity contribution in [2.75, 3.05) is 0 Å². The summed E-state index contributed by atoms with van der Waals surface area (Å²) in [5.41, 5.74) is 1.06. The van der Waals surface area contributed by atoms with E-state index in [1.807, 2.05) is 6.07 Å². The van der Waals surface area contributed by atoms with Crippen LogP contribution in [-0.4, -0.2) is 4.92 Å². The largest absolute Gasteiger partial charge is 0.456 e. The van der Waals surface area contributed by atoms with Gasteiger partial charge in [0.25, 0.3) is 5.69 Å². The van der Waals surface area contributed by atoms with Crippen LogP contribution < -0.4 is 4.74 Å². The molecule has 0 unspecified atom stereocenters. The summed E-state index contributed by atoms with van der Waals surface area (Å²) in [6.07, 6.45) is 0. The van der Waals surface area contributed by atoms with Crippen molar-refractivity contribution < 1.29 is 9.66 Å². The van der Waals surface area contributed by atoms with Crippen LogP contribution in [0.2, 0.25) is 5.02 Å². The van der Waals surface area contributed by atoms with E-state index in [1.165, 1.54) is 24.3 Å². The number of nitro benzene ring substituents is 1. The summed E-state index contributed by atoms with van der Waals surface area (Å²) < 4.78 is 5.61. The summed E-state index contributed by atoms with van der Waals surface area (Å²) in [6, 6.07) is 10.9. The van der Waals surface area contributed by atoms with E-state index in [4.69, 9.17) is 21.6 Å². The second-order valence-electron chi connectivity index (χ2n) is 4.07. The molecule has 0 amide bonds. The molecule has 0 N–H and O–H groups in total. The van der Waals surface area contributed by atoms with Gasteiger partial charge in [-0.1, -0.05) is 11.6 Å². The number of hydrogen-bond acceptors (Lipinski definition) is 4. The van der Waals surface area contributed by atoms with Gasteiger partial charge in [0.1, 0.15) is 11.5 Å². The quantitative estimate of drug-likeness (QED) is 0.626. The number of aryl methyl sites for hydroxylation is 1. The van der Waals surface area contributed by atoms with Crippen LogP contribution in [0.3, 0.4) is 0 Å². The van der Waals surface area contributed by atoms with E-state index in [9.17, 15) is 10.1 Å². The summed E-state index contributed by atoms with van der Waals surface area (Å²) >= 11 is 6.01. The SMILES string of the molecule is Cc1cc([N+](=O)[O-])ccc1Oc1ccc(C#N)cc1Cl. The first-order valence-electron chi connectivity index (χ1n) is 5.64. The third-order valence-electron chi connectivity index (χ3n) is 2.65. The Morgan fingerprint density at radius 1 is 1.25 bits per heavy atom. The van der Waals surface area contributed by atoms with Crippen LogP contribution in [0.25, 0.3) is 0 Å². The lowest BCUT2D eigenvalue weighted by Gasteiger charge is -2.10. The number of nitrogens with zero attached hydrogens (tertiary/aromatic N) is 2. The summed E-state index contributed by atoms with van der Waals surface area (Å²) in [5, 5.41) is 19.7. The van der Waals surface area contributed by atoms with E-state index in [-0.39, 0.29) is 5.69 Å². The topological polar surface area (TPSA) is 76.2 Å². The van der Waals surface area contributed by atoms with E-state index < -0.39 is 4.92 Å². The molecular weight excluding hydrogens is 280 g/mol. The maximum absolute atomic E-state index is 10.7. The number of hydrogen-bond donors (Lipinski definition) is 0. The second kappa shape index (κ2) is 5.59. The second-order valence-corrected chi connectivity index (χ2v) is 4.47. The zero-order valence-electron chi connectivity index (χ0n) is 10.5. The first-order chi connectivity index (χ1) is 9.51. The lowest BCUT2D eigenvalue weighted by atomic mass is 10.2. The van der Waals surface area contributed by atoms with Crippen LogP contribution in [0.4, 0.5) is 5.69 Å². The normalized spacial score (nSPS) is 9.85. The van der Waals surface area contributed by atoms with Crippen LogP contribution in [-0.2, 0) is 0 Å². The zero-order chi connectivity index (χ0) is 14.7. The van der Waals surface area contributed by atoms with Gasteiger partial charge < -0.3 is 4.74 Å². The van der Waals surface area contributed by atoms with Crippen molar-refractivity contribution in [3.05, 3.63) is 62.7 Å². The number of benzene rings is 2. The van der Waals surface area contributed by atoms with Gasteiger partial charge in [-0.3, -0.25) is 10.1 Å². The molecule has 0 atom stereocenters. The highest BCUT2D eigenvalue weighted by Gasteiger charge is 2.11. The predicted octanol–water partition coefficient (Wildman–Crippen LogP) is 4.22. The van der Waals surface area contributed by atoms with E-state index in [0.29, 0.717) is 27.6 Å². The number of non-ortho nitro benzene ring substituents is 1. The summed E-state index contributed by atoms with van der Waals surface area (Å²) in [4.78, 5) is 10.2. The van der Waals surface area contributed by atoms with Gasteiger partial charge in [-0.15, -0.1) is 0 Å². The van der Waals surface area contributed by atoms with Crippen LogP contribution in [0.1, 0.15) is 11.1 Å². The van der Waals surface area contributed by atoms with Crippen LogP contribution in [0.5, 0.6) is 11.5 Å². The van der Waals surface area contributed by atoms with Gasteiger partial charge in [-0.2, -0.15) is 5.26 Å². The molecule has 0 saturated carbocycles. The maximum atomic E-state index is 10.7. The summed E-state index contributed by atoms with van der Waals surface area (Å²) in [6.45, 7) is 1.71. The summed E-state index contributed by atoms with van der Waals surface area (Å²) in [7, 11) is 0. The fourth-order valence-electron chi connectivity index (χ4n) is 1.63. The number of halogens is 1. The van der Waals surface area contributed by atoms with Crippen molar-refractivity contribution in [3.63, 3.8) is 0 Å². The molecule has 0 aromatic heterocycles. The van der Waals surface area contributed by atoms with Crippen LogP contribution >= 0.6 is 11.6 Å². The van der Waals surface area contributed by atoms with Crippen LogP contribution in [0, 0.1) is 28.4 Å². The molecule has 0 heterocycles. The molecular formula is C14H9ClN2O3. The Labute approximate surface area is 120 Å². The molecule has 0 spiro atoms. The first kappa shape index (κ1) is 13.8. The molecule has 0 aliphatic carbocycles. The molecule has 0 aliphatic heterocycles. The molecule has 100 valence electrons. The van der Waals surface area contributed by atoms with Gasteiger partial charge in [-0.05, 0) is 36.8 Å². The molecule has 0 saturated heterocycles. The Balaban J connectivity index is 2.31. The standard InChI is InChI=1S/C14H9ClN2O3/c1-9-6-11(17(18)19)3-5-13(9)20-14-4-2-10(8-16)7-12(14)15/h2-7H,1H3.